The van der Waals surface area contributed by atoms with Crippen LogP contribution in [0.4, 0.5) is 15.8 Å². The van der Waals surface area contributed by atoms with Crippen molar-refractivity contribution in [3.05, 3.63) is 126 Å². The first-order chi connectivity index (χ1) is 18.5. The lowest BCUT2D eigenvalue weighted by molar-refractivity contribution is -0.126. The molecule has 0 saturated carbocycles. The average molecular weight is 509 g/mol. The smallest absolute Gasteiger partial charge is 0.343 e. The molecule has 2 fully saturated rings. The van der Waals surface area contributed by atoms with E-state index in [4.69, 9.17) is 9.57 Å². The minimum atomic E-state index is -1.05. The van der Waals surface area contributed by atoms with Gasteiger partial charge < -0.3 is 4.74 Å². The van der Waals surface area contributed by atoms with Crippen LogP contribution in [0.15, 0.2) is 109 Å². The molecule has 4 aromatic carbocycles. The normalized spacial score (nSPS) is 20.5. The molecule has 2 saturated heterocycles. The van der Waals surface area contributed by atoms with Crippen molar-refractivity contribution in [1.82, 2.24) is 0 Å². The van der Waals surface area contributed by atoms with Crippen LogP contribution in [-0.4, -0.2) is 23.9 Å². The molecule has 188 valence electrons. The number of carbonyl (C=O) groups excluding carboxylic acids is 3. The topological polar surface area (TPSA) is 76.2 Å². The van der Waals surface area contributed by atoms with Crippen LogP contribution in [0.2, 0.25) is 0 Å². The first-order valence-corrected chi connectivity index (χ1v) is 12.0. The first-order valence-electron chi connectivity index (χ1n) is 12.0. The van der Waals surface area contributed by atoms with Crippen LogP contribution < -0.4 is 14.7 Å². The Morgan fingerprint density at radius 2 is 1.37 bits per heavy atom. The summed E-state index contributed by atoms with van der Waals surface area (Å²) in [4.78, 5) is 46.6. The van der Waals surface area contributed by atoms with Gasteiger partial charge >= 0.3 is 5.97 Å². The molecule has 7 nitrogen and oxygen atoms in total. The summed E-state index contributed by atoms with van der Waals surface area (Å²) in [5, 5.41) is 1.58. The van der Waals surface area contributed by atoms with Gasteiger partial charge in [0.05, 0.1) is 23.0 Å². The molecule has 8 heteroatoms. The van der Waals surface area contributed by atoms with E-state index >= 15 is 0 Å². The van der Waals surface area contributed by atoms with Crippen molar-refractivity contribution in [3.63, 3.8) is 0 Å². The molecular formula is C30H21FN2O5. The van der Waals surface area contributed by atoms with Crippen LogP contribution >= 0.6 is 0 Å². The molecule has 0 unspecified atom stereocenters. The Labute approximate surface area is 217 Å². The molecule has 0 radical (unpaired) electrons. The van der Waals surface area contributed by atoms with E-state index in [9.17, 15) is 18.8 Å². The molecule has 0 aliphatic carbocycles. The van der Waals surface area contributed by atoms with Gasteiger partial charge in [0.15, 0.2) is 6.10 Å². The predicted molar refractivity (Wildman–Crippen MR) is 137 cm³/mol. The molecular weight excluding hydrogens is 487 g/mol. The molecule has 4 aromatic rings. The fraction of sp³-hybridized carbons (Fsp3) is 0.100. The molecule has 38 heavy (non-hydrogen) atoms. The maximum Gasteiger partial charge on any atom is 0.343 e. The Morgan fingerprint density at radius 1 is 0.737 bits per heavy atom. The Kier molecular flexibility index (Phi) is 5.94. The number of fused-ring (bicyclic) bond motifs is 1. The van der Waals surface area contributed by atoms with Crippen molar-refractivity contribution in [2.45, 2.75) is 12.1 Å². The second kappa shape index (κ2) is 9.57. The molecule has 0 spiro atoms. The number of imide groups is 1. The monoisotopic (exact) mass is 508 g/mol. The number of amides is 2. The fourth-order valence-corrected chi connectivity index (χ4v) is 4.87. The van der Waals surface area contributed by atoms with Crippen molar-refractivity contribution in [2.24, 2.45) is 5.92 Å². The average Bonchev–Trinajstić information content (AvgIpc) is 3.46. The van der Waals surface area contributed by atoms with E-state index < -0.39 is 41.7 Å². The minimum Gasteiger partial charge on any atom is -0.423 e. The van der Waals surface area contributed by atoms with E-state index in [2.05, 4.69) is 0 Å². The van der Waals surface area contributed by atoms with Crippen LogP contribution in [0.3, 0.4) is 0 Å². The Bertz CT molecular complexity index is 1490. The molecule has 0 N–H and O–H groups in total. The number of anilines is 2. The largest absolute Gasteiger partial charge is 0.423 e. The summed E-state index contributed by atoms with van der Waals surface area (Å²) >= 11 is 0. The third-order valence-corrected chi connectivity index (χ3v) is 6.65. The van der Waals surface area contributed by atoms with Gasteiger partial charge in [-0.2, -0.15) is 0 Å². The third kappa shape index (κ3) is 4.10. The van der Waals surface area contributed by atoms with E-state index in [-0.39, 0.29) is 5.69 Å². The van der Waals surface area contributed by atoms with E-state index in [0.717, 1.165) is 4.90 Å². The minimum absolute atomic E-state index is 0.285. The van der Waals surface area contributed by atoms with Gasteiger partial charge in [-0.3, -0.25) is 14.4 Å². The van der Waals surface area contributed by atoms with Crippen molar-refractivity contribution in [1.29, 1.82) is 0 Å². The molecule has 3 atom stereocenters. The predicted octanol–water partition coefficient (Wildman–Crippen LogP) is 5.10. The highest BCUT2D eigenvalue weighted by Gasteiger charge is 2.60. The van der Waals surface area contributed by atoms with Gasteiger partial charge in [-0.1, -0.05) is 48.5 Å². The molecule has 2 aliphatic heterocycles. The van der Waals surface area contributed by atoms with Gasteiger partial charge in [0.2, 0.25) is 5.91 Å². The number of para-hydroxylation sites is 1. The van der Waals surface area contributed by atoms with Gasteiger partial charge in [-0.15, -0.1) is 0 Å². The van der Waals surface area contributed by atoms with Crippen LogP contribution in [0.1, 0.15) is 22.0 Å². The summed E-state index contributed by atoms with van der Waals surface area (Å²) < 4.78 is 19.0. The summed E-state index contributed by atoms with van der Waals surface area (Å²) in [7, 11) is 0. The Morgan fingerprint density at radius 3 is 2.03 bits per heavy atom. The Hall–Kier alpha value is -4.82. The summed E-state index contributed by atoms with van der Waals surface area (Å²) in [6.45, 7) is 0. The highest BCUT2D eigenvalue weighted by Crippen LogP contribution is 2.47. The molecule has 0 bridgehead atoms. The van der Waals surface area contributed by atoms with Crippen LogP contribution in [0.25, 0.3) is 0 Å². The van der Waals surface area contributed by atoms with Gasteiger partial charge in [-0.05, 0) is 66.2 Å². The number of hydroxylamine groups is 1. The summed E-state index contributed by atoms with van der Waals surface area (Å²) in [6.07, 6.45) is -1.05. The van der Waals surface area contributed by atoms with Crippen molar-refractivity contribution >= 4 is 29.2 Å². The number of rotatable bonds is 5. The summed E-state index contributed by atoms with van der Waals surface area (Å²) in [5.74, 6) is -2.40. The highest BCUT2D eigenvalue weighted by molar-refractivity contribution is 6.23. The van der Waals surface area contributed by atoms with E-state index in [1.807, 2.05) is 36.4 Å². The second-order valence-electron chi connectivity index (χ2n) is 8.97. The maximum atomic E-state index is 13.6. The van der Waals surface area contributed by atoms with Gasteiger partial charge in [0, 0.05) is 0 Å². The molecule has 2 amide bonds. The zero-order valence-electron chi connectivity index (χ0n) is 19.9. The SMILES string of the molecule is O=C(Oc1ccc([C@@H]2[C@@H]3C(=O)N(c4ccc(F)cc4)C(=O)[C@H]3ON2c2ccccc2)cc1)c1ccccc1. The summed E-state index contributed by atoms with van der Waals surface area (Å²) in [6, 6.07) is 29.2. The number of halogens is 1. The van der Waals surface area contributed by atoms with Crippen molar-refractivity contribution in [2.75, 3.05) is 9.96 Å². The number of benzene rings is 4. The zero-order valence-corrected chi connectivity index (χ0v) is 19.9. The quantitative estimate of drug-likeness (QED) is 0.212. The van der Waals surface area contributed by atoms with Crippen LogP contribution in [0, 0.1) is 11.7 Å². The number of ether oxygens (including phenoxy) is 1. The molecule has 6 rings (SSSR count). The van der Waals surface area contributed by atoms with Crippen molar-refractivity contribution in [3.8, 4) is 5.75 Å². The lowest BCUT2D eigenvalue weighted by atomic mass is 9.90. The number of carbonyl (C=O) groups is 3. The number of hydrogen-bond acceptors (Lipinski definition) is 6. The molecule has 2 heterocycles. The highest BCUT2D eigenvalue weighted by atomic mass is 19.1. The summed E-state index contributed by atoms with van der Waals surface area (Å²) in [5.41, 5.74) is 2.09. The van der Waals surface area contributed by atoms with Crippen LogP contribution in [-0.2, 0) is 14.4 Å². The Balaban J connectivity index is 1.32. The molecule has 0 aromatic heterocycles. The standard InChI is InChI=1S/C30H21FN2O5/c31-21-13-15-22(16-14-21)32-28(34)25-26(33(38-27(25)29(32)35)23-9-5-2-6-10-23)19-11-17-24(18-12-19)37-30(36)20-7-3-1-4-8-20/h1-18,25-27H/t25-,26+,27-/m0/s1. The zero-order chi connectivity index (χ0) is 26.2. The van der Waals surface area contributed by atoms with E-state index in [1.54, 1.807) is 53.6 Å². The van der Waals surface area contributed by atoms with E-state index in [1.165, 1.54) is 24.3 Å². The van der Waals surface area contributed by atoms with Gasteiger partial charge in [0.1, 0.15) is 17.5 Å². The molecule has 2 aliphatic rings. The van der Waals surface area contributed by atoms with Gasteiger partial charge in [-0.25, -0.2) is 19.1 Å². The lowest BCUT2D eigenvalue weighted by Crippen LogP contribution is -2.37. The fourth-order valence-electron chi connectivity index (χ4n) is 4.87. The van der Waals surface area contributed by atoms with Crippen LogP contribution in [0.5, 0.6) is 5.75 Å². The second-order valence-corrected chi connectivity index (χ2v) is 8.97. The first kappa shape index (κ1) is 23.6. The van der Waals surface area contributed by atoms with Crippen molar-refractivity contribution < 1.29 is 28.3 Å². The number of esters is 1. The third-order valence-electron chi connectivity index (χ3n) is 6.65. The maximum absolute atomic E-state index is 13.6. The number of nitrogens with zero attached hydrogens (tertiary/aromatic N) is 2. The van der Waals surface area contributed by atoms with Gasteiger partial charge in [0.25, 0.3) is 5.91 Å². The number of hydrogen-bond donors (Lipinski definition) is 0. The van der Waals surface area contributed by atoms with E-state index in [0.29, 0.717) is 22.6 Å². The lowest BCUT2D eigenvalue weighted by Gasteiger charge is -2.28.